The summed E-state index contributed by atoms with van der Waals surface area (Å²) in [6.45, 7) is 1.89. The molecule has 0 amide bonds. The molecule has 0 aliphatic heterocycles. The fraction of sp³-hybridized carbons (Fsp3) is 0.167. The molecule has 0 spiro atoms. The molecular weight excluding hydrogens is 234 g/mol. The predicted octanol–water partition coefficient (Wildman–Crippen LogP) is 2.37. The van der Waals surface area contributed by atoms with Crippen LogP contribution in [0.1, 0.15) is 11.3 Å². The van der Waals surface area contributed by atoms with E-state index in [2.05, 4.69) is 9.97 Å². The summed E-state index contributed by atoms with van der Waals surface area (Å²) in [4.78, 5) is 8.44. The molecule has 5 heteroatoms. The third-order valence-corrected chi connectivity index (χ3v) is 3.08. The van der Waals surface area contributed by atoms with Gasteiger partial charge in [0.25, 0.3) is 0 Å². The molecule has 1 aromatic heterocycles. The number of rotatable bonds is 3. The molecule has 2 aromatic rings. The maximum atomic E-state index is 9.17. The van der Waals surface area contributed by atoms with E-state index in [4.69, 9.17) is 10.8 Å². The fourth-order valence-corrected chi connectivity index (χ4v) is 2.24. The number of phenols is 1. The second kappa shape index (κ2) is 5.05. The number of nitrogen functional groups attached to an aromatic ring is 1. The van der Waals surface area contributed by atoms with Crippen molar-refractivity contribution < 1.29 is 5.11 Å². The predicted molar refractivity (Wildman–Crippen MR) is 68.8 cm³/mol. The number of nitrogens with zero attached hydrogens (tertiary/aromatic N) is 2. The summed E-state index contributed by atoms with van der Waals surface area (Å²) in [6.07, 6.45) is 0. The average Bonchev–Trinajstić information content (AvgIpc) is 2.27. The summed E-state index contributed by atoms with van der Waals surface area (Å²) >= 11 is 1.52. The van der Waals surface area contributed by atoms with E-state index in [1.807, 2.05) is 19.1 Å². The lowest BCUT2D eigenvalue weighted by molar-refractivity contribution is 0.475. The van der Waals surface area contributed by atoms with Crippen LogP contribution in [0.3, 0.4) is 0 Å². The lowest BCUT2D eigenvalue weighted by Gasteiger charge is -2.03. The normalized spacial score (nSPS) is 10.4. The van der Waals surface area contributed by atoms with Crippen molar-refractivity contribution in [2.75, 3.05) is 5.73 Å². The SMILES string of the molecule is Cc1cc(N)nc(SCc2ccc(O)cc2)n1. The summed E-state index contributed by atoms with van der Waals surface area (Å²) in [5.41, 5.74) is 7.62. The van der Waals surface area contributed by atoms with Gasteiger partial charge in [0, 0.05) is 17.5 Å². The van der Waals surface area contributed by atoms with E-state index in [-0.39, 0.29) is 5.75 Å². The molecule has 0 unspecified atom stereocenters. The first kappa shape index (κ1) is 11.7. The molecule has 1 aromatic carbocycles. The summed E-state index contributed by atoms with van der Waals surface area (Å²) in [5.74, 6) is 1.52. The van der Waals surface area contributed by atoms with E-state index in [9.17, 15) is 0 Å². The summed E-state index contributed by atoms with van der Waals surface area (Å²) in [6, 6.07) is 8.83. The van der Waals surface area contributed by atoms with Crippen LogP contribution in [0.25, 0.3) is 0 Å². The Labute approximate surface area is 104 Å². The van der Waals surface area contributed by atoms with Crippen molar-refractivity contribution >= 4 is 17.6 Å². The molecule has 0 radical (unpaired) electrons. The molecule has 0 saturated heterocycles. The number of benzene rings is 1. The first-order chi connectivity index (χ1) is 8.13. The van der Waals surface area contributed by atoms with E-state index < -0.39 is 0 Å². The molecule has 1 heterocycles. The number of nitrogens with two attached hydrogens (primary N) is 1. The van der Waals surface area contributed by atoms with Crippen molar-refractivity contribution in [2.45, 2.75) is 17.8 Å². The van der Waals surface area contributed by atoms with Crippen molar-refractivity contribution in [1.29, 1.82) is 0 Å². The Hall–Kier alpha value is -1.75. The molecule has 0 aliphatic carbocycles. The van der Waals surface area contributed by atoms with Gasteiger partial charge in [-0.25, -0.2) is 9.97 Å². The smallest absolute Gasteiger partial charge is 0.190 e. The topological polar surface area (TPSA) is 72.0 Å². The average molecular weight is 247 g/mol. The number of phenolic OH excluding ortho intramolecular Hbond substituents is 1. The van der Waals surface area contributed by atoms with E-state index in [0.29, 0.717) is 11.0 Å². The number of thioether (sulfide) groups is 1. The van der Waals surface area contributed by atoms with Crippen LogP contribution < -0.4 is 5.73 Å². The van der Waals surface area contributed by atoms with Crippen LogP contribution in [0.2, 0.25) is 0 Å². The first-order valence-electron chi connectivity index (χ1n) is 5.15. The van der Waals surface area contributed by atoms with Crippen molar-refractivity contribution in [3.63, 3.8) is 0 Å². The zero-order valence-electron chi connectivity index (χ0n) is 9.42. The van der Waals surface area contributed by atoms with Gasteiger partial charge in [-0.15, -0.1) is 0 Å². The van der Waals surface area contributed by atoms with Gasteiger partial charge in [-0.1, -0.05) is 23.9 Å². The summed E-state index contributed by atoms with van der Waals surface area (Å²) in [5, 5.41) is 9.84. The molecule has 3 N–H and O–H groups in total. The van der Waals surface area contributed by atoms with Crippen molar-refractivity contribution in [3.05, 3.63) is 41.6 Å². The van der Waals surface area contributed by atoms with Gasteiger partial charge in [0.15, 0.2) is 5.16 Å². The summed E-state index contributed by atoms with van der Waals surface area (Å²) < 4.78 is 0. The van der Waals surface area contributed by atoms with E-state index in [1.54, 1.807) is 18.2 Å². The van der Waals surface area contributed by atoms with Gasteiger partial charge in [-0.2, -0.15) is 0 Å². The van der Waals surface area contributed by atoms with Crippen LogP contribution in [0.4, 0.5) is 5.82 Å². The Bertz CT molecular complexity index is 493. The number of hydrogen-bond acceptors (Lipinski definition) is 5. The maximum Gasteiger partial charge on any atom is 0.190 e. The zero-order valence-corrected chi connectivity index (χ0v) is 10.2. The third-order valence-electron chi connectivity index (χ3n) is 2.16. The third kappa shape index (κ3) is 3.35. The minimum absolute atomic E-state index is 0.273. The van der Waals surface area contributed by atoms with Crippen molar-refractivity contribution in [2.24, 2.45) is 0 Å². The van der Waals surface area contributed by atoms with E-state index in [0.717, 1.165) is 17.0 Å². The highest BCUT2D eigenvalue weighted by Crippen LogP contribution is 2.21. The quantitative estimate of drug-likeness (QED) is 0.643. The van der Waals surface area contributed by atoms with Gasteiger partial charge in [-0.05, 0) is 24.6 Å². The second-order valence-corrected chi connectivity index (χ2v) is 4.61. The first-order valence-corrected chi connectivity index (χ1v) is 6.14. The standard InChI is InChI=1S/C12H13N3OS/c1-8-6-11(13)15-12(14-8)17-7-9-2-4-10(16)5-3-9/h2-6,16H,7H2,1H3,(H2,13,14,15). The maximum absolute atomic E-state index is 9.17. The molecule has 0 fully saturated rings. The fourth-order valence-electron chi connectivity index (χ4n) is 1.37. The summed E-state index contributed by atoms with van der Waals surface area (Å²) in [7, 11) is 0. The second-order valence-electron chi connectivity index (χ2n) is 3.67. The van der Waals surface area contributed by atoms with Gasteiger partial charge in [-0.3, -0.25) is 0 Å². The monoisotopic (exact) mass is 247 g/mol. The molecule has 2 rings (SSSR count). The number of aromatic nitrogens is 2. The molecule has 0 bridgehead atoms. The van der Waals surface area contributed by atoms with Gasteiger partial charge < -0.3 is 10.8 Å². The molecule has 17 heavy (non-hydrogen) atoms. The minimum atomic E-state index is 0.273. The lowest BCUT2D eigenvalue weighted by Crippen LogP contribution is -1.96. The highest BCUT2D eigenvalue weighted by atomic mass is 32.2. The van der Waals surface area contributed by atoms with Crippen LogP contribution in [-0.4, -0.2) is 15.1 Å². The Morgan fingerprint density at radius 2 is 1.94 bits per heavy atom. The Balaban J connectivity index is 2.04. The molecule has 0 saturated carbocycles. The van der Waals surface area contributed by atoms with Crippen LogP contribution in [0.15, 0.2) is 35.5 Å². The van der Waals surface area contributed by atoms with Crippen molar-refractivity contribution in [3.8, 4) is 5.75 Å². The number of aromatic hydroxyl groups is 1. The highest BCUT2D eigenvalue weighted by molar-refractivity contribution is 7.98. The van der Waals surface area contributed by atoms with E-state index in [1.165, 1.54) is 11.8 Å². The number of hydrogen-bond donors (Lipinski definition) is 2. The lowest BCUT2D eigenvalue weighted by atomic mass is 10.2. The molecule has 88 valence electrons. The molecule has 0 aliphatic rings. The highest BCUT2D eigenvalue weighted by Gasteiger charge is 2.02. The van der Waals surface area contributed by atoms with Crippen molar-refractivity contribution in [1.82, 2.24) is 9.97 Å². The molecule has 4 nitrogen and oxygen atoms in total. The van der Waals surface area contributed by atoms with Gasteiger partial charge in [0.05, 0.1) is 0 Å². The van der Waals surface area contributed by atoms with Crippen LogP contribution in [0.5, 0.6) is 5.75 Å². The van der Waals surface area contributed by atoms with Gasteiger partial charge >= 0.3 is 0 Å². The van der Waals surface area contributed by atoms with Gasteiger partial charge in [0.1, 0.15) is 11.6 Å². The Kier molecular flexibility index (Phi) is 3.49. The molecular formula is C12H13N3OS. The van der Waals surface area contributed by atoms with Crippen LogP contribution in [-0.2, 0) is 5.75 Å². The Morgan fingerprint density at radius 3 is 2.59 bits per heavy atom. The Morgan fingerprint density at radius 1 is 1.24 bits per heavy atom. The number of anilines is 1. The minimum Gasteiger partial charge on any atom is -0.508 e. The van der Waals surface area contributed by atoms with Crippen LogP contribution in [0, 0.1) is 6.92 Å². The van der Waals surface area contributed by atoms with Gasteiger partial charge in [0.2, 0.25) is 0 Å². The van der Waals surface area contributed by atoms with E-state index >= 15 is 0 Å². The zero-order chi connectivity index (χ0) is 12.3. The number of aryl methyl sites for hydroxylation is 1. The molecule has 0 atom stereocenters. The largest absolute Gasteiger partial charge is 0.508 e. The van der Waals surface area contributed by atoms with Crippen LogP contribution >= 0.6 is 11.8 Å².